The second kappa shape index (κ2) is 11.3. The molecule has 1 aromatic carbocycles. The number of aromatic nitrogens is 3. The number of ether oxygens (including phenoxy) is 2. The van der Waals surface area contributed by atoms with E-state index in [4.69, 9.17) is 14.6 Å². The van der Waals surface area contributed by atoms with Gasteiger partial charge in [-0.2, -0.15) is 18.3 Å². The van der Waals surface area contributed by atoms with Crippen LogP contribution in [0.2, 0.25) is 0 Å². The van der Waals surface area contributed by atoms with Crippen LogP contribution in [-0.4, -0.2) is 82.8 Å². The third kappa shape index (κ3) is 5.69. The van der Waals surface area contributed by atoms with E-state index in [0.29, 0.717) is 37.6 Å². The molecule has 5 heterocycles. The highest BCUT2D eigenvalue weighted by atomic mass is 19.4. The van der Waals surface area contributed by atoms with E-state index < -0.39 is 18.8 Å². The van der Waals surface area contributed by atoms with Crippen LogP contribution >= 0.6 is 0 Å². The molecule has 3 aliphatic rings. The highest BCUT2D eigenvalue weighted by Crippen LogP contribution is 2.42. The zero-order valence-corrected chi connectivity index (χ0v) is 22.6. The number of nitrogens with zero attached hydrogens (tertiary/aromatic N) is 5. The number of hydrogen-bond acceptors (Lipinski definition) is 6. The van der Waals surface area contributed by atoms with Crippen molar-refractivity contribution < 1.29 is 27.0 Å². The molecule has 2 aromatic heterocycles. The van der Waals surface area contributed by atoms with E-state index in [0.717, 1.165) is 54.4 Å². The second-order valence-electron chi connectivity index (χ2n) is 11.3. The first kappa shape index (κ1) is 27.4. The molecule has 0 saturated carbocycles. The Kier molecular flexibility index (Phi) is 7.71. The molecule has 0 spiro atoms. The molecule has 3 aromatic rings. The fraction of sp³-hybridized carbons (Fsp3) is 0.586. The maximum atomic E-state index is 13.8. The molecule has 1 unspecified atom stereocenters. The first-order valence-corrected chi connectivity index (χ1v) is 14.1. The Morgan fingerprint density at radius 2 is 1.98 bits per heavy atom. The maximum Gasteiger partial charge on any atom is 0.401 e. The fourth-order valence-corrected chi connectivity index (χ4v) is 6.27. The van der Waals surface area contributed by atoms with Gasteiger partial charge in [0.05, 0.1) is 36.7 Å². The van der Waals surface area contributed by atoms with E-state index in [1.807, 2.05) is 29.9 Å². The number of fused-ring (bicyclic) bond motifs is 3. The number of benzene rings is 1. The highest BCUT2D eigenvalue weighted by Gasteiger charge is 2.41. The Balaban J connectivity index is 1.27. The Hall–Kier alpha value is -2.76. The zero-order valence-electron chi connectivity index (χ0n) is 22.6. The lowest BCUT2D eigenvalue weighted by molar-refractivity contribution is -0.155. The summed E-state index contributed by atoms with van der Waals surface area (Å²) in [6, 6.07) is 6.30. The predicted octanol–water partition coefficient (Wildman–Crippen LogP) is 5.31. The van der Waals surface area contributed by atoms with Crippen molar-refractivity contribution in [2.75, 3.05) is 46.1 Å². The van der Waals surface area contributed by atoms with Crippen molar-refractivity contribution in [3.63, 3.8) is 0 Å². The smallest absolute Gasteiger partial charge is 0.401 e. The average Bonchev–Trinajstić information content (AvgIpc) is 3.36. The minimum atomic E-state index is -4.35. The molecule has 0 aliphatic carbocycles. The fourth-order valence-electron chi connectivity index (χ4n) is 6.27. The molecule has 6 rings (SSSR count). The molecule has 40 heavy (non-hydrogen) atoms. The Labute approximate surface area is 231 Å². The normalized spacial score (nSPS) is 24.7. The summed E-state index contributed by atoms with van der Waals surface area (Å²) >= 11 is 0. The van der Waals surface area contributed by atoms with Crippen molar-refractivity contribution in [2.24, 2.45) is 5.92 Å². The highest BCUT2D eigenvalue weighted by molar-refractivity contribution is 5.84. The zero-order chi connectivity index (χ0) is 27.9. The minimum Gasteiger partial charge on any atom is -0.491 e. The van der Waals surface area contributed by atoms with Crippen LogP contribution < -0.4 is 4.74 Å². The summed E-state index contributed by atoms with van der Waals surface area (Å²) in [5, 5.41) is 5.72. The van der Waals surface area contributed by atoms with Gasteiger partial charge in [-0.1, -0.05) is 6.07 Å². The van der Waals surface area contributed by atoms with Crippen molar-refractivity contribution in [3.8, 4) is 5.75 Å². The number of rotatable bonds is 8. The summed E-state index contributed by atoms with van der Waals surface area (Å²) < 4.78 is 67.5. The van der Waals surface area contributed by atoms with Crippen molar-refractivity contribution >= 4 is 10.9 Å². The van der Waals surface area contributed by atoms with Gasteiger partial charge >= 0.3 is 6.18 Å². The Morgan fingerprint density at radius 3 is 2.67 bits per heavy atom. The lowest BCUT2D eigenvalue weighted by Gasteiger charge is -2.42. The van der Waals surface area contributed by atoms with Crippen molar-refractivity contribution in [2.45, 2.75) is 57.1 Å². The molecule has 2 fully saturated rings. The number of alkyl halides is 4. The van der Waals surface area contributed by atoms with Crippen LogP contribution in [0.3, 0.4) is 0 Å². The quantitative estimate of drug-likeness (QED) is 0.348. The third-order valence-corrected chi connectivity index (χ3v) is 8.33. The first-order valence-electron chi connectivity index (χ1n) is 14.1. The van der Waals surface area contributed by atoms with Gasteiger partial charge in [-0.15, -0.1) is 0 Å². The van der Waals surface area contributed by atoms with Crippen LogP contribution in [0.25, 0.3) is 10.9 Å². The monoisotopic (exact) mass is 561 g/mol. The van der Waals surface area contributed by atoms with E-state index in [1.54, 1.807) is 18.3 Å². The molecule has 11 heteroatoms. The molecular formula is C29H35F4N5O2. The van der Waals surface area contributed by atoms with Gasteiger partial charge in [0.25, 0.3) is 0 Å². The van der Waals surface area contributed by atoms with Gasteiger partial charge in [-0.3, -0.25) is 19.2 Å². The summed E-state index contributed by atoms with van der Waals surface area (Å²) in [5.74, 6) is 0.680. The van der Waals surface area contributed by atoms with E-state index >= 15 is 0 Å². The van der Waals surface area contributed by atoms with Gasteiger partial charge in [-0.05, 0) is 61.9 Å². The maximum absolute atomic E-state index is 13.8. The van der Waals surface area contributed by atoms with Crippen LogP contribution in [0.15, 0.2) is 36.7 Å². The Morgan fingerprint density at radius 1 is 1.12 bits per heavy atom. The molecule has 3 aliphatic heterocycles. The standard InChI is InChI=1S/C29H35F4N5O2/c1-19-12-23-22(6-8-25-24(23)17-38(35-25)27-4-2-3-10-40-27)28(37(19)18-29(31,32)33)26-7-5-21(14-34-26)39-11-9-36-15-20(13-30)16-36/h5-8,14,17,19-20,27-28H,2-4,9-13,15-16,18H2,1H3/t19-,27?,28+/m1/s1. The van der Waals surface area contributed by atoms with E-state index in [1.165, 1.54) is 4.90 Å². The largest absolute Gasteiger partial charge is 0.491 e. The molecule has 0 radical (unpaired) electrons. The average molecular weight is 562 g/mol. The van der Waals surface area contributed by atoms with Crippen molar-refractivity contribution in [1.82, 2.24) is 24.6 Å². The van der Waals surface area contributed by atoms with Crippen LogP contribution in [-0.2, 0) is 11.2 Å². The predicted molar refractivity (Wildman–Crippen MR) is 142 cm³/mol. The third-order valence-electron chi connectivity index (χ3n) is 8.33. The lowest BCUT2D eigenvalue weighted by atomic mass is 9.85. The number of pyridine rings is 1. The lowest BCUT2D eigenvalue weighted by Crippen LogP contribution is -2.49. The van der Waals surface area contributed by atoms with E-state index in [-0.39, 0.29) is 24.9 Å². The number of hydrogen-bond donors (Lipinski definition) is 0. The minimum absolute atomic E-state index is 0.115. The molecule has 2 saturated heterocycles. The number of halogens is 4. The summed E-state index contributed by atoms with van der Waals surface area (Å²) in [6.45, 7) is 3.85. The van der Waals surface area contributed by atoms with Crippen LogP contribution in [0, 0.1) is 5.92 Å². The van der Waals surface area contributed by atoms with Crippen molar-refractivity contribution in [1.29, 1.82) is 0 Å². The molecule has 0 bridgehead atoms. The van der Waals surface area contributed by atoms with Gasteiger partial charge in [0.15, 0.2) is 0 Å². The summed E-state index contributed by atoms with van der Waals surface area (Å²) in [4.78, 5) is 8.22. The van der Waals surface area contributed by atoms with Gasteiger partial charge in [-0.25, -0.2) is 4.68 Å². The van der Waals surface area contributed by atoms with E-state index in [9.17, 15) is 17.6 Å². The molecule has 0 N–H and O–H groups in total. The molecule has 0 amide bonds. The molecule has 216 valence electrons. The van der Waals surface area contributed by atoms with Crippen LogP contribution in [0.4, 0.5) is 17.6 Å². The van der Waals surface area contributed by atoms with Crippen LogP contribution in [0.1, 0.15) is 55.3 Å². The van der Waals surface area contributed by atoms with Gasteiger partial charge in [0, 0.05) is 49.8 Å². The van der Waals surface area contributed by atoms with Gasteiger partial charge < -0.3 is 9.47 Å². The van der Waals surface area contributed by atoms with Crippen molar-refractivity contribution in [3.05, 3.63) is 53.5 Å². The summed E-state index contributed by atoms with van der Waals surface area (Å²) in [7, 11) is 0. The topological polar surface area (TPSA) is 55.7 Å². The molecule has 7 nitrogen and oxygen atoms in total. The van der Waals surface area contributed by atoms with E-state index in [2.05, 4.69) is 9.88 Å². The van der Waals surface area contributed by atoms with Gasteiger partial charge in [0.2, 0.25) is 0 Å². The molecular weight excluding hydrogens is 526 g/mol. The Bertz CT molecular complexity index is 1300. The summed E-state index contributed by atoms with van der Waals surface area (Å²) in [5.41, 5.74) is 3.19. The first-order chi connectivity index (χ1) is 19.3. The number of likely N-dealkylation sites (tertiary alicyclic amines) is 1. The van der Waals surface area contributed by atoms with Gasteiger partial charge in [0.1, 0.15) is 18.6 Å². The summed E-state index contributed by atoms with van der Waals surface area (Å²) in [6.07, 6.45) is 2.60. The SMILES string of the molecule is C[C@@H]1Cc2c(ccc3nn(C4CCCCO4)cc23)[C@@H](c2ccc(OCCN3CC(CF)C3)cn2)N1CC(F)(F)F. The molecule has 3 atom stereocenters. The second-order valence-corrected chi connectivity index (χ2v) is 11.3. The van der Waals surface area contributed by atoms with Crippen LogP contribution in [0.5, 0.6) is 5.75 Å².